The smallest absolute Gasteiger partial charge is 0.141 e. The summed E-state index contributed by atoms with van der Waals surface area (Å²) in [5.41, 5.74) is 2.44. The molecule has 0 saturated carbocycles. The van der Waals surface area contributed by atoms with Crippen LogP contribution in [-0.4, -0.2) is 13.1 Å². The fourth-order valence-electron chi connectivity index (χ4n) is 2.50. The van der Waals surface area contributed by atoms with Gasteiger partial charge >= 0.3 is 0 Å². The predicted octanol–water partition coefficient (Wildman–Crippen LogP) is 4.63. The summed E-state index contributed by atoms with van der Waals surface area (Å²) in [6.45, 7) is 0. The second-order valence-electron chi connectivity index (χ2n) is 5.32. The summed E-state index contributed by atoms with van der Waals surface area (Å²) in [5, 5.41) is 3.53. The fraction of sp³-hybridized carbons (Fsp3) is 0.333. The van der Waals surface area contributed by atoms with Crippen molar-refractivity contribution in [3.63, 3.8) is 0 Å². The van der Waals surface area contributed by atoms with E-state index < -0.39 is 0 Å². The average molecular weight is 306 g/mol. The first kappa shape index (κ1) is 16.0. The normalized spacial score (nSPS) is 12.3. The first-order chi connectivity index (χ1) is 10.2. The van der Waals surface area contributed by atoms with E-state index in [4.69, 9.17) is 11.6 Å². The molecule has 1 atom stereocenters. The van der Waals surface area contributed by atoms with E-state index in [1.54, 1.807) is 6.07 Å². The van der Waals surface area contributed by atoms with Crippen LogP contribution in [0.1, 0.15) is 24.0 Å². The zero-order valence-corrected chi connectivity index (χ0v) is 13.0. The second kappa shape index (κ2) is 8.16. The van der Waals surface area contributed by atoms with Crippen molar-refractivity contribution in [1.82, 2.24) is 5.32 Å². The Morgan fingerprint density at radius 3 is 2.52 bits per heavy atom. The van der Waals surface area contributed by atoms with Crippen LogP contribution in [0.4, 0.5) is 4.39 Å². The summed E-state index contributed by atoms with van der Waals surface area (Å²) in [6, 6.07) is 15.9. The van der Waals surface area contributed by atoms with Crippen LogP contribution in [0, 0.1) is 5.82 Å². The Morgan fingerprint density at radius 2 is 1.86 bits per heavy atom. The lowest BCUT2D eigenvalue weighted by molar-refractivity contribution is 0.501. The Hall–Kier alpha value is -1.38. The molecule has 0 spiro atoms. The molecule has 0 aliphatic heterocycles. The Bertz CT molecular complexity index is 556. The third-order valence-corrected chi connectivity index (χ3v) is 4.02. The van der Waals surface area contributed by atoms with Crippen LogP contribution in [0.2, 0.25) is 5.02 Å². The molecular weight excluding hydrogens is 285 g/mol. The van der Waals surface area contributed by atoms with Crippen molar-refractivity contribution in [3.05, 3.63) is 70.5 Å². The summed E-state index contributed by atoms with van der Waals surface area (Å²) in [5.74, 6) is -0.356. The van der Waals surface area contributed by atoms with Crippen LogP contribution in [0.5, 0.6) is 0 Å². The first-order valence-corrected chi connectivity index (χ1v) is 7.72. The van der Waals surface area contributed by atoms with Crippen molar-refractivity contribution in [1.29, 1.82) is 0 Å². The lowest BCUT2D eigenvalue weighted by Gasteiger charge is -2.16. The minimum atomic E-state index is -0.356. The van der Waals surface area contributed by atoms with Gasteiger partial charge in [0.1, 0.15) is 5.82 Å². The maximum Gasteiger partial charge on any atom is 0.141 e. The molecule has 21 heavy (non-hydrogen) atoms. The van der Waals surface area contributed by atoms with Crippen LogP contribution in [0.25, 0.3) is 0 Å². The van der Waals surface area contributed by atoms with Crippen LogP contribution >= 0.6 is 11.6 Å². The predicted molar refractivity (Wildman–Crippen MR) is 87.3 cm³/mol. The van der Waals surface area contributed by atoms with Gasteiger partial charge in [-0.25, -0.2) is 4.39 Å². The van der Waals surface area contributed by atoms with E-state index in [-0.39, 0.29) is 10.8 Å². The Kier molecular flexibility index (Phi) is 6.21. The van der Waals surface area contributed by atoms with Gasteiger partial charge in [-0.1, -0.05) is 48.0 Å². The molecule has 0 aromatic heterocycles. The molecule has 1 unspecified atom stereocenters. The molecule has 2 rings (SSSR count). The number of aryl methyl sites for hydroxylation is 1. The lowest BCUT2D eigenvalue weighted by atomic mass is 9.99. The molecule has 1 N–H and O–H groups in total. The summed E-state index contributed by atoms with van der Waals surface area (Å²) in [6.07, 6.45) is 4.17. The van der Waals surface area contributed by atoms with E-state index in [9.17, 15) is 4.39 Å². The molecule has 1 nitrogen and oxygen atoms in total. The van der Waals surface area contributed by atoms with Gasteiger partial charge in [-0.3, -0.25) is 0 Å². The monoisotopic (exact) mass is 305 g/mol. The number of hydrogen-bond donors (Lipinski definition) is 1. The SMILES string of the molecule is CNC(CCCc1ccccc1)Cc1ccc(F)c(Cl)c1. The van der Waals surface area contributed by atoms with E-state index in [1.807, 2.05) is 19.2 Å². The van der Waals surface area contributed by atoms with Crippen molar-refractivity contribution in [3.8, 4) is 0 Å². The number of benzene rings is 2. The largest absolute Gasteiger partial charge is 0.317 e. The summed E-state index contributed by atoms with van der Waals surface area (Å²) in [7, 11) is 1.97. The standard InChI is InChI=1S/C18H21ClFN/c1-21-16(9-5-8-14-6-3-2-4-7-14)12-15-10-11-18(20)17(19)13-15/h2-4,6-7,10-11,13,16,21H,5,8-9,12H2,1H3. The molecule has 2 aromatic rings. The lowest BCUT2D eigenvalue weighted by Crippen LogP contribution is -2.27. The molecule has 112 valence electrons. The molecular formula is C18H21ClFN. The number of hydrogen-bond acceptors (Lipinski definition) is 1. The molecule has 0 heterocycles. The Morgan fingerprint density at radius 1 is 1.10 bits per heavy atom. The quantitative estimate of drug-likeness (QED) is 0.786. The molecule has 0 aliphatic carbocycles. The molecule has 0 fully saturated rings. The van der Waals surface area contributed by atoms with Gasteiger partial charge in [0.2, 0.25) is 0 Å². The van der Waals surface area contributed by atoms with Crippen molar-refractivity contribution >= 4 is 11.6 Å². The maximum atomic E-state index is 13.2. The van der Waals surface area contributed by atoms with Gasteiger partial charge in [0.05, 0.1) is 5.02 Å². The molecule has 0 bridgehead atoms. The van der Waals surface area contributed by atoms with Crippen molar-refractivity contribution in [2.45, 2.75) is 31.7 Å². The molecule has 0 aliphatic rings. The van der Waals surface area contributed by atoms with Crippen molar-refractivity contribution in [2.24, 2.45) is 0 Å². The van der Waals surface area contributed by atoms with E-state index in [0.717, 1.165) is 31.2 Å². The van der Waals surface area contributed by atoms with Gasteiger partial charge in [-0.15, -0.1) is 0 Å². The van der Waals surface area contributed by atoms with Crippen molar-refractivity contribution in [2.75, 3.05) is 7.05 Å². The highest BCUT2D eigenvalue weighted by Gasteiger charge is 2.09. The minimum absolute atomic E-state index is 0.201. The zero-order chi connectivity index (χ0) is 15.1. The number of likely N-dealkylation sites (N-methyl/N-ethyl adjacent to an activating group) is 1. The van der Waals surface area contributed by atoms with E-state index in [2.05, 4.69) is 29.6 Å². The fourth-order valence-corrected chi connectivity index (χ4v) is 2.70. The average Bonchev–Trinajstić information content (AvgIpc) is 2.51. The second-order valence-corrected chi connectivity index (χ2v) is 5.72. The van der Waals surface area contributed by atoms with Crippen LogP contribution < -0.4 is 5.32 Å². The molecule has 0 amide bonds. The first-order valence-electron chi connectivity index (χ1n) is 7.34. The van der Waals surface area contributed by atoms with Crippen LogP contribution in [0.3, 0.4) is 0 Å². The summed E-state index contributed by atoms with van der Waals surface area (Å²) in [4.78, 5) is 0. The number of halogens is 2. The number of rotatable bonds is 7. The highest BCUT2D eigenvalue weighted by molar-refractivity contribution is 6.30. The number of nitrogens with one attached hydrogen (secondary N) is 1. The highest BCUT2D eigenvalue weighted by atomic mass is 35.5. The van der Waals surface area contributed by atoms with Gasteiger partial charge in [0.15, 0.2) is 0 Å². The third-order valence-electron chi connectivity index (χ3n) is 3.74. The Labute approximate surface area is 131 Å². The molecule has 0 saturated heterocycles. The topological polar surface area (TPSA) is 12.0 Å². The van der Waals surface area contributed by atoms with E-state index >= 15 is 0 Å². The Balaban J connectivity index is 1.84. The molecule has 2 aromatic carbocycles. The highest BCUT2D eigenvalue weighted by Crippen LogP contribution is 2.18. The summed E-state index contributed by atoms with van der Waals surface area (Å²) < 4.78 is 13.2. The minimum Gasteiger partial charge on any atom is -0.317 e. The van der Waals surface area contributed by atoms with E-state index in [1.165, 1.54) is 11.6 Å². The molecule has 3 heteroatoms. The zero-order valence-electron chi connectivity index (χ0n) is 12.3. The van der Waals surface area contributed by atoms with E-state index in [0.29, 0.717) is 6.04 Å². The van der Waals surface area contributed by atoms with Gasteiger partial charge < -0.3 is 5.32 Å². The maximum absolute atomic E-state index is 13.2. The van der Waals surface area contributed by atoms with Gasteiger partial charge in [-0.05, 0) is 56.0 Å². The summed E-state index contributed by atoms with van der Waals surface area (Å²) >= 11 is 5.83. The molecule has 0 radical (unpaired) electrons. The third kappa shape index (κ3) is 5.14. The van der Waals surface area contributed by atoms with Crippen molar-refractivity contribution < 1.29 is 4.39 Å². The van der Waals surface area contributed by atoms with Gasteiger partial charge in [0.25, 0.3) is 0 Å². The van der Waals surface area contributed by atoms with Gasteiger partial charge in [0, 0.05) is 6.04 Å². The van der Waals surface area contributed by atoms with Crippen LogP contribution in [0.15, 0.2) is 48.5 Å². The van der Waals surface area contributed by atoms with Gasteiger partial charge in [-0.2, -0.15) is 0 Å². The van der Waals surface area contributed by atoms with Crippen LogP contribution in [-0.2, 0) is 12.8 Å².